The Labute approximate surface area is 152 Å². The number of carboxylic acid groups (broad SMARTS) is 1. The van der Waals surface area contributed by atoms with Crippen molar-refractivity contribution in [2.45, 2.75) is 109 Å². The van der Waals surface area contributed by atoms with Crippen molar-refractivity contribution < 1.29 is 24.2 Å². The Bertz CT molecular complexity index is 369. The maximum absolute atomic E-state index is 10.6. The molecule has 5 nitrogen and oxygen atoms in total. The van der Waals surface area contributed by atoms with Crippen LogP contribution in [-0.2, 0) is 19.1 Å². The van der Waals surface area contributed by atoms with Crippen molar-refractivity contribution in [3.63, 3.8) is 0 Å². The fourth-order valence-electron chi connectivity index (χ4n) is 3.21. The minimum Gasteiger partial charge on any atom is -0.481 e. The third kappa shape index (κ3) is 13.8. The van der Waals surface area contributed by atoms with Crippen LogP contribution in [0.5, 0.6) is 0 Å². The van der Waals surface area contributed by atoms with Crippen molar-refractivity contribution in [1.82, 2.24) is 0 Å². The van der Waals surface area contributed by atoms with Crippen LogP contribution < -0.4 is 0 Å². The second kappa shape index (κ2) is 14.1. The summed E-state index contributed by atoms with van der Waals surface area (Å²) >= 11 is 0. The molecule has 0 aromatic carbocycles. The van der Waals surface area contributed by atoms with Crippen molar-refractivity contribution in [2.75, 3.05) is 6.61 Å². The first kappa shape index (κ1) is 21.9. The molecule has 146 valence electrons. The summed E-state index contributed by atoms with van der Waals surface area (Å²) in [5.41, 5.74) is 0. The first-order chi connectivity index (χ1) is 12.1. The number of aliphatic carboxylic acids is 1. The van der Waals surface area contributed by atoms with Crippen molar-refractivity contribution in [3.8, 4) is 0 Å². The molecule has 0 spiro atoms. The predicted molar refractivity (Wildman–Crippen MR) is 97.6 cm³/mol. The Kier molecular flexibility index (Phi) is 12.4. The molecule has 25 heavy (non-hydrogen) atoms. The second-order valence-corrected chi connectivity index (χ2v) is 7.16. The topological polar surface area (TPSA) is 76.1 Å². The molecule has 1 N–H and O–H groups in total. The van der Waals surface area contributed by atoms with Crippen LogP contribution in [0, 0.1) is 0 Å². The normalized spacial score (nSPS) is 18.9. The molecular formula is C20H36O5. The highest BCUT2D eigenvalue weighted by Crippen LogP contribution is 2.31. The molecule has 1 heterocycles. The number of esters is 1. The van der Waals surface area contributed by atoms with E-state index in [9.17, 15) is 9.59 Å². The number of carbonyl (C=O) groups excluding carboxylic acids is 1. The molecule has 1 rings (SSSR count). The monoisotopic (exact) mass is 356 g/mol. The first-order valence-corrected chi connectivity index (χ1v) is 10.1. The van der Waals surface area contributed by atoms with E-state index in [1.54, 1.807) is 0 Å². The van der Waals surface area contributed by atoms with E-state index in [0.717, 1.165) is 32.1 Å². The number of epoxide rings is 1. The zero-order valence-corrected chi connectivity index (χ0v) is 15.8. The SMILES string of the molecule is CC(=O)OCCCCCCCCC1OC1CCCCCCCC(=O)O. The molecule has 1 saturated heterocycles. The molecule has 0 radical (unpaired) electrons. The maximum Gasteiger partial charge on any atom is 0.303 e. The van der Waals surface area contributed by atoms with E-state index >= 15 is 0 Å². The lowest BCUT2D eigenvalue weighted by Gasteiger charge is -2.02. The highest BCUT2D eigenvalue weighted by Gasteiger charge is 2.36. The number of ether oxygens (including phenoxy) is 2. The summed E-state index contributed by atoms with van der Waals surface area (Å²) in [7, 11) is 0. The smallest absolute Gasteiger partial charge is 0.303 e. The summed E-state index contributed by atoms with van der Waals surface area (Å²) < 4.78 is 10.6. The number of carboxylic acids is 1. The van der Waals surface area contributed by atoms with Crippen molar-refractivity contribution in [3.05, 3.63) is 0 Å². The Morgan fingerprint density at radius 3 is 1.80 bits per heavy atom. The van der Waals surface area contributed by atoms with E-state index < -0.39 is 5.97 Å². The average molecular weight is 357 g/mol. The van der Waals surface area contributed by atoms with Crippen molar-refractivity contribution in [1.29, 1.82) is 0 Å². The van der Waals surface area contributed by atoms with Gasteiger partial charge in [0.2, 0.25) is 0 Å². The Balaban J connectivity index is 1.75. The van der Waals surface area contributed by atoms with Crippen LogP contribution in [0.1, 0.15) is 96.8 Å². The van der Waals surface area contributed by atoms with Gasteiger partial charge in [-0.2, -0.15) is 0 Å². The van der Waals surface area contributed by atoms with E-state index in [1.165, 1.54) is 58.3 Å². The average Bonchev–Trinajstić information content (AvgIpc) is 3.30. The third-order valence-electron chi connectivity index (χ3n) is 4.76. The molecule has 0 aromatic rings. The molecule has 2 unspecified atom stereocenters. The first-order valence-electron chi connectivity index (χ1n) is 10.1. The zero-order valence-electron chi connectivity index (χ0n) is 15.8. The summed E-state index contributed by atoms with van der Waals surface area (Å²) in [5.74, 6) is -0.867. The van der Waals surface area contributed by atoms with Gasteiger partial charge in [-0.3, -0.25) is 9.59 Å². The van der Waals surface area contributed by atoms with E-state index in [4.69, 9.17) is 14.6 Å². The van der Waals surface area contributed by atoms with E-state index in [2.05, 4.69) is 0 Å². The van der Waals surface area contributed by atoms with Crippen LogP contribution in [0.15, 0.2) is 0 Å². The van der Waals surface area contributed by atoms with Gasteiger partial charge in [-0.1, -0.05) is 57.8 Å². The van der Waals surface area contributed by atoms with Gasteiger partial charge in [-0.05, 0) is 25.7 Å². The zero-order chi connectivity index (χ0) is 18.3. The van der Waals surface area contributed by atoms with Crippen LogP contribution in [-0.4, -0.2) is 35.9 Å². The highest BCUT2D eigenvalue weighted by atomic mass is 16.6. The molecule has 1 fully saturated rings. The second-order valence-electron chi connectivity index (χ2n) is 7.16. The van der Waals surface area contributed by atoms with Gasteiger partial charge in [0.15, 0.2) is 0 Å². The molecule has 0 bridgehead atoms. The largest absolute Gasteiger partial charge is 0.481 e. The molecule has 0 aliphatic carbocycles. The fourth-order valence-corrected chi connectivity index (χ4v) is 3.21. The van der Waals surface area contributed by atoms with Gasteiger partial charge >= 0.3 is 11.9 Å². The summed E-state index contributed by atoms with van der Waals surface area (Å²) in [6.07, 6.45) is 16.1. The quantitative estimate of drug-likeness (QED) is 0.229. The van der Waals surface area contributed by atoms with Crippen LogP contribution >= 0.6 is 0 Å². The van der Waals surface area contributed by atoms with Gasteiger partial charge in [0.05, 0.1) is 18.8 Å². The minimum absolute atomic E-state index is 0.183. The Morgan fingerprint density at radius 1 is 0.800 bits per heavy atom. The summed E-state index contributed by atoms with van der Waals surface area (Å²) in [4.78, 5) is 21.0. The van der Waals surface area contributed by atoms with Gasteiger partial charge < -0.3 is 14.6 Å². The maximum atomic E-state index is 10.6. The number of hydrogen-bond acceptors (Lipinski definition) is 4. The van der Waals surface area contributed by atoms with Gasteiger partial charge in [-0.15, -0.1) is 0 Å². The van der Waals surface area contributed by atoms with Gasteiger partial charge in [-0.25, -0.2) is 0 Å². The number of unbranched alkanes of at least 4 members (excludes halogenated alkanes) is 9. The van der Waals surface area contributed by atoms with Crippen molar-refractivity contribution in [2.24, 2.45) is 0 Å². The minimum atomic E-state index is -0.684. The van der Waals surface area contributed by atoms with Crippen LogP contribution in [0.4, 0.5) is 0 Å². The third-order valence-corrected chi connectivity index (χ3v) is 4.76. The molecule has 0 saturated carbocycles. The molecule has 5 heteroatoms. The lowest BCUT2D eigenvalue weighted by Crippen LogP contribution is -2.00. The van der Waals surface area contributed by atoms with E-state index in [-0.39, 0.29) is 5.97 Å². The van der Waals surface area contributed by atoms with Gasteiger partial charge in [0, 0.05) is 13.3 Å². The molecular weight excluding hydrogens is 320 g/mol. The standard InChI is InChI=1S/C20H36O5/c1-17(21)24-16-12-8-3-2-5-9-13-18-19(25-18)14-10-6-4-7-11-15-20(22)23/h18-19H,2-16H2,1H3,(H,22,23). The molecule has 1 aliphatic rings. The lowest BCUT2D eigenvalue weighted by atomic mass is 10.0. The van der Waals surface area contributed by atoms with Crippen LogP contribution in [0.2, 0.25) is 0 Å². The Morgan fingerprint density at radius 2 is 1.28 bits per heavy atom. The lowest BCUT2D eigenvalue weighted by molar-refractivity contribution is -0.141. The molecule has 1 aliphatic heterocycles. The van der Waals surface area contributed by atoms with Crippen LogP contribution in [0.3, 0.4) is 0 Å². The highest BCUT2D eigenvalue weighted by molar-refractivity contribution is 5.66. The molecule has 0 amide bonds. The number of rotatable bonds is 17. The van der Waals surface area contributed by atoms with Gasteiger partial charge in [0.25, 0.3) is 0 Å². The summed E-state index contributed by atoms with van der Waals surface area (Å²) in [6.45, 7) is 2.02. The molecule has 2 atom stereocenters. The van der Waals surface area contributed by atoms with Crippen molar-refractivity contribution >= 4 is 11.9 Å². The summed E-state index contributed by atoms with van der Waals surface area (Å²) in [6, 6.07) is 0. The number of carbonyl (C=O) groups is 2. The van der Waals surface area contributed by atoms with E-state index in [1.807, 2.05) is 0 Å². The summed E-state index contributed by atoms with van der Waals surface area (Å²) in [5, 5.41) is 8.56. The Hall–Kier alpha value is -1.10. The molecule has 0 aromatic heterocycles. The van der Waals surface area contributed by atoms with Crippen LogP contribution in [0.25, 0.3) is 0 Å². The van der Waals surface area contributed by atoms with Gasteiger partial charge in [0.1, 0.15) is 0 Å². The van der Waals surface area contributed by atoms with E-state index in [0.29, 0.717) is 25.2 Å². The predicted octanol–water partition coefficient (Wildman–Crippen LogP) is 4.86. The fraction of sp³-hybridized carbons (Fsp3) is 0.900. The number of hydrogen-bond donors (Lipinski definition) is 1.